The van der Waals surface area contributed by atoms with Crippen LogP contribution in [0.15, 0.2) is 41.3 Å². The van der Waals surface area contributed by atoms with Crippen molar-refractivity contribution in [3.8, 4) is 0 Å². The number of hydrogen-bond donors (Lipinski definition) is 1. The molecule has 1 N–H and O–H groups in total. The molecule has 1 heterocycles. The fraction of sp³-hybridized carbons (Fsp3) is 0.409. The zero-order valence-corrected chi connectivity index (χ0v) is 16.6. The van der Waals surface area contributed by atoms with Gasteiger partial charge in [0.25, 0.3) is 10.0 Å². The van der Waals surface area contributed by atoms with E-state index in [0.717, 1.165) is 55.3 Å². The van der Waals surface area contributed by atoms with Crippen LogP contribution in [0.3, 0.4) is 0 Å². The van der Waals surface area contributed by atoms with Gasteiger partial charge in [0.05, 0.1) is 4.90 Å². The standard InChI is InChI=1S/C22H24N2O3S/c25-22(16-5-6-16)24-12-11-18-13-19(8-10-21(18)24)23-28(26,27)20-9-7-15-3-1-2-4-17(15)14-20/h7-10,13-14,16,23H,1-6,11-12H2. The first-order valence-electron chi connectivity index (χ1n) is 10.1. The van der Waals surface area contributed by atoms with E-state index in [1.165, 1.54) is 12.0 Å². The van der Waals surface area contributed by atoms with Crippen molar-refractivity contribution in [3.63, 3.8) is 0 Å². The molecule has 0 spiro atoms. The lowest BCUT2D eigenvalue weighted by Gasteiger charge is -2.18. The molecule has 0 aromatic heterocycles. The monoisotopic (exact) mass is 396 g/mol. The molecule has 28 heavy (non-hydrogen) atoms. The molecular formula is C22H24N2O3S. The van der Waals surface area contributed by atoms with E-state index in [9.17, 15) is 13.2 Å². The quantitative estimate of drug-likeness (QED) is 0.858. The zero-order valence-electron chi connectivity index (χ0n) is 15.8. The Bertz CT molecular complexity index is 1060. The Balaban J connectivity index is 1.38. The fourth-order valence-electron chi connectivity index (χ4n) is 4.34. The smallest absolute Gasteiger partial charge is 0.261 e. The van der Waals surface area contributed by atoms with Crippen LogP contribution in [0.2, 0.25) is 0 Å². The van der Waals surface area contributed by atoms with Crippen molar-refractivity contribution < 1.29 is 13.2 Å². The lowest BCUT2D eigenvalue weighted by atomic mass is 9.92. The molecule has 0 radical (unpaired) electrons. The Kier molecular flexibility index (Phi) is 4.19. The Morgan fingerprint density at radius 1 is 0.929 bits per heavy atom. The number of sulfonamides is 1. The van der Waals surface area contributed by atoms with E-state index in [1.807, 2.05) is 29.2 Å². The van der Waals surface area contributed by atoms with Gasteiger partial charge in [-0.3, -0.25) is 9.52 Å². The van der Waals surface area contributed by atoms with Gasteiger partial charge in [-0.05, 0) is 92.0 Å². The van der Waals surface area contributed by atoms with Crippen molar-refractivity contribution in [2.75, 3.05) is 16.2 Å². The third kappa shape index (κ3) is 3.20. The number of rotatable bonds is 4. The van der Waals surface area contributed by atoms with E-state index in [1.54, 1.807) is 12.1 Å². The van der Waals surface area contributed by atoms with Gasteiger partial charge in [0, 0.05) is 23.8 Å². The highest BCUT2D eigenvalue weighted by atomic mass is 32.2. The van der Waals surface area contributed by atoms with Crippen LogP contribution >= 0.6 is 0 Å². The fourth-order valence-corrected chi connectivity index (χ4v) is 5.44. The van der Waals surface area contributed by atoms with Crippen molar-refractivity contribution in [3.05, 3.63) is 53.1 Å². The number of fused-ring (bicyclic) bond motifs is 2. The minimum Gasteiger partial charge on any atom is -0.312 e. The van der Waals surface area contributed by atoms with Gasteiger partial charge in [-0.1, -0.05) is 6.07 Å². The number of carbonyl (C=O) groups is 1. The summed E-state index contributed by atoms with van der Waals surface area (Å²) in [6.45, 7) is 0.686. The van der Waals surface area contributed by atoms with E-state index < -0.39 is 10.0 Å². The predicted octanol–water partition coefficient (Wildman–Crippen LogP) is 3.67. The van der Waals surface area contributed by atoms with E-state index in [-0.39, 0.29) is 11.8 Å². The van der Waals surface area contributed by atoms with E-state index in [0.29, 0.717) is 17.1 Å². The van der Waals surface area contributed by atoms with Gasteiger partial charge in [-0.2, -0.15) is 0 Å². The molecule has 2 aliphatic carbocycles. The van der Waals surface area contributed by atoms with Crippen LogP contribution in [-0.2, 0) is 34.1 Å². The average Bonchev–Trinajstić information content (AvgIpc) is 3.46. The molecule has 2 aromatic rings. The van der Waals surface area contributed by atoms with Gasteiger partial charge in [-0.25, -0.2) is 8.42 Å². The summed E-state index contributed by atoms with van der Waals surface area (Å²) in [5, 5.41) is 0. The highest BCUT2D eigenvalue weighted by molar-refractivity contribution is 7.92. The Labute approximate surface area is 165 Å². The number of benzene rings is 2. The van der Waals surface area contributed by atoms with Gasteiger partial charge in [0.15, 0.2) is 0 Å². The van der Waals surface area contributed by atoms with Crippen molar-refractivity contribution in [2.24, 2.45) is 5.92 Å². The van der Waals surface area contributed by atoms with Gasteiger partial charge < -0.3 is 4.90 Å². The topological polar surface area (TPSA) is 66.5 Å². The second-order valence-electron chi connectivity index (χ2n) is 8.10. The first-order chi connectivity index (χ1) is 13.5. The maximum atomic E-state index is 12.9. The normalized spacial score (nSPS) is 18.5. The van der Waals surface area contributed by atoms with Crippen molar-refractivity contribution in [2.45, 2.75) is 49.8 Å². The van der Waals surface area contributed by atoms with Crippen LogP contribution in [0.4, 0.5) is 11.4 Å². The maximum absolute atomic E-state index is 12.9. The second kappa shape index (κ2) is 6.62. The summed E-state index contributed by atoms with van der Waals surface area (Å²) >= 11 is 0. The second-order valence-corrected chi connectivity index (χ2v) is 9.78. The summed E-state index contributed by atoms with van der Waals surface area (Å²) in [5.41, 5.74) is 4.92. The van der Waals surface area contributed by atoms with E-state index in [4.69, 9.17) is 0 Å². The molecule has 0 unspecified atom stereocenters. The zero-order chi connectivity index (χ0) is 19.3. The summed E-state index contributed by atoms with van der Waals surface area (Å²) in [7, 11) is -3.63. The average molecular weight is 397 g/mol. The number of carbonyl (C=O) groups excluding carboxylic acids is 1. The van der Waals surface area contributed by atoms with E-state index in [2.05, 4.69) is 4.72 Å². The summed E-state index contributed by atoms with van der Waals surface area (Å²) < 4.78 is 28.5. The highest BCUT2D eigenvalue weighted by Crippen LogP contribution is 2.37. The Morgan fingerprint density at radius 2 is 1.71 bits per heavy atom. The molecule has 3 aliphatic rings. The molecular weight excluding hydrogens is 372 g/mol. The molecule has 6 heteroatoms. The minimum absolute atomic E-state index is 0.188. The molecule has 146 valence electrons. The molecule has 5 nitrogen and oxygen atoms in total. The molecule has 2 aromatic carbocycles. The molecule has 1 fully saturated rings. The lowest BCUT2D eigenvalue weighted by molar-refractivity contribution is -0.119. The van der Waals surface area contributed by atoms with Crippen LogP contribution in [0.5, 0.6) is 0 Å². The molecule has 0 bridgehead atoms. The van der Waals surface area contributed by atoms with Crippen molar-refractivity contribution >= 4 is 27.3 Å². The van der Waals surface area contributed by atoms with Crippen LogP contribution < -0.4 is 9.62 Å². The van der Waals surface area contributed by atoms with Crippen LogP contribution in [0, 0.1) is 5.92 Å². The van der Waals surface area contributed by atoms with Gasteiger partial charge in [-0.15, -0.1) is 0 Å². The van der Waals surface area contributed by atoms with Crippen molar-refractivity contribution in [1.82, 2.24) is 0 Å². The predicted molar refractivity (Wildman–Crippen MR) is 109 cm³/mol. The Hall–Kier alpha value is -2.34. The number of aryl methyl sites for hydroxylation is 2. The number of hydrogen-bond acceptors (Lipinski definition) is 3. The summed E-state index contributed by atoms with van der Waals surface area (Å²) in [6, 6.07) is 11.0. The number of nitrogens with zero attached hydrogens (tertiary/aromatic N) is 1. The number of anilines is 2. The largest absolute Gasteiger partial charge is 0.312 e. The third-order valence-electron chi connectivity index (χ3n) is 6.05. The van der Waals surface area contributed by atoms with Gasteiger partial charge in [0.1, 0.15) is 0 Å². The maximum Gasteiger partial charge on any atom is 0.261 e. The van der Waals surface area contributed by atoms with Crippen molar-refractivity contribution in [1.29, 1.82) is 0 Å². The SMILES string of the molecule is O=C(C1CC1)N1CCc2cc(NS(=O)(=O)c3ccc4c(c3)CCCC4)ccc21. The van der Waals surface area contributed by atoms with Crippen LogP contribution in [0.1, 0.15) is 42.4 Å². The van der Waals surface area contributed by atoms with Gasteiger partial charge in [0.2, 0.25) is 5.91 Å². The summed E-state index contributed by atoms with van der Waals surface area (Å²) in [5.74, 6) is 0.397. The Morgan fingerprint density at radius 3 is 2.50 bits per heavy atom. The number of amides is 1. The van der Waals surface area contributed by atoms with E-state index >= 15 is 0 Å². The van der Waals surface area contributed by atoms with Gasteiger partial charge >= 0.3 is 0 Å². The molecule has 0 saturated heterocycles. The van der Waals surface area contributed by atoms with Crippen LogP contribution in [-0.4, -0.2) is 20.9 Å². The lowest BCUT2D eigenvalue weighted by Crippen LogP contribution is -2.30. The molecule has 0 atom stereocenters. The molecule has 5 rings (SSSR count). The first-order valence-corrected chi connectivity index (χ1v) is 11.6. The minimum atomic E-state index is -3.63. The molecule has 1 amide bonds. The molecule has 1 saturated carbocycles. The molecule has 1 aliphatic heterocycles. The first kappa shape index (κ1) is 17.7. The summed E-state index contributed by atoms with van der Waals surface area (Å²) in [6.07, 6.45) is 7.01. The third-order valence-corrected chi connectivity index (χ3v) is 7.43. The number of nitrogens with one attached hydrogen (secondary N) is 1. The van der Waals surface area contributed by atoms with Crippen LogP contribution in [0.25, 0.3) is 0 Å². The highest BCUT2D eigenvalue weighted by Gasteiger charge is 2.36. The summed E-state index contributed by atoms with van der Waals surface area (Å²) in [4.78, 5) is 14.6.